The number of amides is 3. The molecule has 20 heavy (non-hydrogen) atoms. The van der Waals surface area contributed by atoms with Crippen LogP contribution in [0.4, 0.5) is 10.6 Å². The number of aldehydes is 1. The standard InChI is InChI=1S/C14H11N3O3/c18-8-10-3-1-2-9-6-12(15-7-11(9)10)17-5-4-13(19)16-14(17)20/h1-3,6-8H,4-5H2,(H,16,19,20). The van der Waals surface area contributed by atoms with E-state index in [-0.39, 0.29) is 12.3 Å². The van der Waals surface area contributed by atoms with E-state index < -0.39 is 6.03 Å². The van der Waals surface area contributed by atoms with Crippen LogP contribution in [0.1, 0.15) is 16.8 Å². The van der Waals surface area contributed by atoms with Crippen molar-refractivity contribution in [3.05, 3.63) is 36.0 Å². The van der Waals surface area contributed by atoms with Gasteiger partial charge < -0.3 is 0 Å². The fourth-order valence-corrected chi connectivity index (χ4v) is 2.22. The summed E-state index contributed by atoms with van der Waals surface area (Å²) in [5.41, 5.74) is 0.555. The van der Waals surface area contributed by atoms with E-state index in [2.05, 4.69) is 10.3 Å². The molecule has 100 valence electrons. The highest BCUT2D eigenvalue weighted by atomic mass is 16.2. The number of fused-ring (bicyclic) bond motifs is 1. The number of hydrogen-bond acceptors (Lipinski definition) is 4. The van der Waals surface area contributed by atoms with Gasteiger partial charge in [-0.3, -0.25) is 19.8 Å². The van der Waals surface area contributed by atoms with Gasteiger partial charge in [0.2, 0.25) is 5.91 Å². The summed E-state index contributed by atoms with van der Waals surface area (Å²) in [6, 6.07) is 6.59. The summed E-state index contributed by atoms with van der Waals surface area (Å²) >= 11 is 0. The van der Waals surface area contributed by atoms with Crippen LogP contribution in [0.3, 0.4) is 0 Å². The topological polar surface area (TPSA) is 79.4 Å². The van der Waals surface area contributed by atoms with Crippen molar-refractivity contribution in [1.29, 1.82) is 0 Å². The molecule has 1 aliphatic heterocycles. The quantitative estimate of drug-likeness (QED) is 0.838. The number of rotatable bonds is 2. The van der Waals surface area contributed by atoms with Crippen LogP contribution in [0, 0.1) is 0 Å². The largest absolute Gasteiger partial charge is 0.329 e. The first-order chi connectivity index (χ1) is 9.69. The number of carbonyl (C=O) groups excluding carboxylic acids is 3. The molecule has 2 aromatic rings. The lowest BCUT2D eigenvalue weighted by atomic mass is 10.1. The zero-order valence-corrected chi connectivity index (χ0v) is 10.5. The molecule has 0 atom stereocenters. The Bertz CT molecular complexity index is 727. The zero-order valence-electron chi connectivity index (χ0n) is 10.5. The summed E-state index contributed by atoms with van der Waals surface area (Å²) in [4.78, 5) is 39.5. The maximum absolute atomic E-state index is 11.8. The second kappa shape index (κ2) is 4.73. The summed E-state index contributed by atoms with van der Waals surface area (Å²) in [6.07, 6.45) is 2.59. The molecule has 1 aliphatic rings. The molecule has 6 heteroatoms. The van der Waals surface area contributed by atoms with Gasteiger partial charge >= 0.3 is 6.03 Å². The first kappa shape index (κ1) is 12.3. The summed E-state index contributed by atoms with van der Waals surface area (Å²) in [5, 5.41) is 3.81. The summed E-state index contributed by atoms with van der Waals surface area (Å²) in [5.74, 6) is 0.181. The third-order valence-electron chi connectivity index (χ3n) is 3.24. The first-order valence-corrected chi connectivity index (χ1v) is 6.14. The van der Waals surface area contributed by atoms with E-state index in [0.717, 1.165) is 17.1 Å². The molecule has 3 rings (SSSR count). The fourth-order valence-electron chi connectivity index (χ4n) is 2.22. The monoisotopic (exact) mass is 269 g/mol. The number of benzene rings is 1. The Kier molecular flexibility index (Phi) is 2.90. The molecular weight excluding hydrogens is 258 g/mol. The van der Waals surface area contributed by atoms with Gasteiger partial charge in [0.25, 0.3) is 0 Å². The van der Waals surface area contributed by atoms with Gasteiger partial charge in [-0.15, -0.1) is 0 Å². The maximum Gasteiger partial charge on any atom is 0.329 e. The van der Waals surface area contributed by atoms with Gasteiger partial charge in [0.1, 0.15) is 5.82 Å². The predicted octanol–water partition coefficient (Wildman–Crippen LogP) is 1.49. The van der Waals surface area contributed by atoms with Crippen LogP contribution in [-0.2, 0) is 4.79 Å². The molecule has 2 heterocycles. The van der Waals surface area contributed by atoms with Gasteiger partial charge in [0.15, 0.2) is 6.29 Å². The van der Waals surface area contributed by atoms with E-state index >= 15 is 0 Å². The molecule has 1 aromatic carbocycles. The molecule has 1 saturated heterocycles. The molecule has 6 nitrogen and oxygen atoms in total. The molecular formula is C14H11N3O3. The Morgan fingerprint density at radius 3 is 2.90 bits per heavy atom. The number of urea groups is 1. The van der Waals surface area contributed by atoms with Crippen molar-refractivity contribution in [2.45, 2.75) is 6.42 Å². The number of nitrogens with one attached hydrogen (secondary N) is 1. The Hall–Kier alpha value is -2.76. The highest BCUT2D eigenvalue weighted by molar-refractivity contribution is 6.06. The number of hydrogen-bond donors (Lipinski definition) is 1. The van der Waals surface area contributed by atoms with Crippen molar-refractivity contribution < 1.29 is 14.4 Å². The number of anilines is 1. The number of imide groups is 1. The second-order valence-corrected chi connectivity index (χ2v) is 4.48. The number of nitrogens with zero attached hydrogens (tertiary/aromatic N) is 2. The van der Waals surface area contributed by atoms with Gasteiger partial charge in [0, 0.05) is 30.1 Å². The van der Waals surface area contributed by atoms with Gasteiger partial charge in [-0.25, -0.2) is 9.78 Å². The molecule has 0 saturated carbocycles. The predicted molar refractivity (Wildman–Crippen MR) is 72.6 cm³/mol. The average Bonchev–Trinajstić information content (AvgIpc) is 2.46. The zero-order chi connectivity index (χ0) is 14.1. The van der Waals surface area contributed by atoms with E-state index in [4.69, 9.17) is 0 Å². The van der Waals surface area contributed by atoms with Crippen molar-refractivity contribution in [3.63, 3.8) is 0 Å². The van der Waals surface area contributed by atoms with Crippen LogP contribution >= 0.6 is 0 Å². The van der Waals surface area contributed by atoms with Crippen LogP contribution < -0.4 is 10.2 Å². The van der Waals surface area contributed by atoms with Crippen molar-refractivity contribution >= 4 is 34.8 Å². The van der Waals surface area contributed by atoms with E-state index in [1.165, 1.54) is 4.90 Å². The van der Waals surface area contributed by atoms with Crippen LogP contribution in [0.15, 0.2) is 30.5 Å². The van der Waals surface area contributed by atoms with E-state index in [1.54, 1.807) is 24.4 Å². The first-order valence-electron chi connectivity index (χ1n) is 6.14. The highest BCUT2D eigenvalue weighted by Crippen LogP contribution is 2.22. The molecule has 3 amide bonds. The summed E-state index contributed by atoms with van der Waals surface area (Å²) in [7, 11) is 0. The Labute approximate surface area is 114 Å². The minimum Gasteiger partial charge on any atom is -0.298 e. The lowest BCUT2D eigenvalue weighted by Crippen LogP contribution is -2.49. The normalized spacial score (nSPS) is 15.3. The molecule has 1 fully saturated rings. The Morgan fingerprint density at radius 2 is 2.15 bits per heavy atom. The average molecular weight is 269 g/mol. The van der Waals surface area contributed by atoms with Gasteiger partial charge in [-0.1, -0.05) is 18.2 Å². The summed E-state index contributed by atoms with van der Waals surface area (Å²) in [6.45, 7) is 0.302. The molecule has 0 spiro atoms. The lowest BCUT2D eigenvalue weighted by Gasteiger charge is -2.25. The van der Waals surface area contributed by atoms with Crippen molar-refractivity contribution in [2.75, 3.05) is 11.4 Å². The van der Waals surface area contributed by atoms with Gasteiger partial charge in [0.05, 0.1) is 0 Å². The van der Waals surface area contributed by atoms with Crippen molar-refractivity contribution in [3.8, 4) is 0 Å². The van der Waals surface area contributed by atoms with Crippen LogP contribution in [0.25, 0.3) is 10.8 Å². The van der Waals surface area contributed by atoms with E-state index in [0.29, 0.717) is 17.9 Å². The third-order valence-corrected chi connectivity index (χ3v) is 3.24. The van der Waals surface area contributed by atoms with Crippen LogP contribution in [0.2, 0.25) is 0 Å². The molecule has 0 unspecified atom stereocenters. The number of aromatic nitrogens is 1. The number of pyridine rings is 1. The molecule has 0 radical (unpaired) electrons. The van der Waals surface area contributed by atoms with Crippen LogP contribution in [-0.4, -0.2) is 29.8 Å². The molecule has 1 N–H and O–H groups in total. The van der Waals surface area contributed by atoms with Crippen molar-refractivity contribution in [2.24, 2.45) is 0 Å². The minimum atomic E-state index is -0.473. The smallest absolute Gasteiger partial charge is 0.298 e. The van der Waals surface area contributed by atoms with Crippen molar-refractivity contribution in [1.82, 2.24) is 10.3 Å². The molecule has 0 bridgehead atoms. The lowest BCUT2D eigenvalue weighted by molar-refractivity contribution is -0.120. The highest BCUT2D eigenvalue weighted by Gasteiger charge is 2.25. The molecule has 0 aliphatic carbocycles. The Balaban J connectivity index is 2.03. The second-order valence-electron chi connectivity index (χ2n) is 4.48. The SMILES string of the molecule is O=Cc1cccc2cc(N3CCC(=O)NC3=O)ncc12. The van der Waals surface area contributed by atoms with Gasteiger partial charge in [-0.05, 0) is 11.5 Å². The Morgan fingerprint density at radius 1 is 1.30 bits per heavy atom. The maximum atomic E-state index is 11.8. The third kappa shape index (κ3) is 2.01. The van der Waals surface area contributed by atoms with E-state index in [1.807, 2.05) is 6.07 Å². The van der Waals surface area contributed by atoms with Crippen LogP contribution in [0.5, 0.6) is 0 Å². The fraction of sp³-hybridized carbons (Fsp3) is 0.143. The van der Waals surface area contributed by atoms with E-state index in [9.17, 15) is 14.4 Å². The number of carbonyl (C=O) groups is 3. The summed E-state index contributed by atoms with van der Waals surface area (Å²) < 4.78 is 0. The minimum absolute atomic E-state index is 0.250. The molecule has 1 aromatic heterocycles. The van der Waals surface area contributed by atoms with Gasteiger partial charge in [-0.2, -0.15) is 0 Å².